The second-order valence-corrected chi connectivity index (χ2v) is 3.14. The molecule has 0 spiro atoms. The Kier molecular flexibility index (Phi) is 2.50. The zero-order valence-electron chi connectivity index (χ0n) is 5.00. The molecule has 0 aromatic carbocycles. The number of thiol groups is 1. The Morgan fingerprint density at radius 3 is 3.11 bits per heavy atom. The third-order valence-corrected chi connectivity index (χ3v) is 2.14. The standard InChI is InChI=1S/C5H7NOS2/c1-7-2-4-5(8)9-3-6-4/h3,8H,2H2,1H3. The van der Waals surface area contributed by atoms with Crippen molar-refractivity contribution in [3.63, 3.8) is 0 Å². The van der Waals surface area contributed by atoms with Crippen molar-refractivity contribution in [1.29, 1.82) is 0 Å². The van der Waals surface area contributed by atoms with Crippen LogP contribution in [0, 0.1) is 0 Å². The number of thiazole rings is 1. The predicted octanol–water partition coefficient (Wildman–Crippen LogP) is 1.58. The average molecular weight is 161 g/mol. The lowest BCUT2D eigenvalue weighted by molar-refractivity contribution is 0.180. The molecule has 0 saturated carbocycles. The van der Waals surface area contributed by atoms with Gasteiger partial charge in [0, 0.05) is 7.11 Å². The van der Waals surface area contributed by atoms with Crippen molar-refractivity contribution in [2.45, 2.75) is 10.8 Å². The fourth-order valence-electron chi connectivity index (χ4n) is 0.499. The van der Waals surface area contributed by atoms with Gasteiger partial charge in [-0.25, -0.2) is 4.98 Å². The van der Waals surface area contributed by atoms with Crippen LogP contribution in [-0.4, -0.2) is 12.1 Å². The Bertz CT molecular complexity index is 187. The molecule has 2 nitrogen and oxygen atoms in total. The summed E-state index contributed by atoms with van der Waals surface area (Å²) in [5.41, 5.74) is 2.68. The first kappa shape index (κ1) is 7.05. The summed E-state index contributed by atoms with van der Waals surface area (Å²) >= 11 is 5.68. The summed E-state index contributed by atoms with van der Waals surface area (Å²) in [6.45, 7) is 0.558. The Balaban J connectivity index is 2.69. The highest BCUT2D eigenvalue weighted by molar-refractivity contribution is 7.82. The maximum Gasteiger partial charge on any atom is 0.0904 e. The van der Waals surface area contributed by atoms with E-state index in [4.69, 9.17) is 4.74 Å². The quantitative estimate of drug-likeness (QED) is 0.665. The fraction of sp³-hybridized carbons (Fsp3) is 0.400. The Labute approximate surface area is 63.3 Å². The van der Waals surface area contributed by atoms with Crippen molar-refractivity contribution in [2.24, 2.45) is 0 Å². The van der Waals surface area contributed by atoms with Crippen LogP contribution in [0.4, 0.5) is 0 Å². The average Bonchev–Trinajstić information content (AvgIpc) is 2.18. The molecule has 0 bridgehead atoms. The van der Waals surface area contributed by atoms with Gasteiger partial charge in [-0.05, 0) is 0 Å². The van der Waals surface area contributed by atoms with Gasteiger partial charge in [0.1, 0.15) is 0 Å². The Hall–Kier alpha value is -0.0600. The van der Waals surface area contributed by atoms with Crippen LogP contribution in [0.25, 0.3) is 0 Å². The zero-order valence-corrected chi connectivity index (χ0v) is 6.71. The van der Waals surface area contributed by atoms with E-state index in [1.807, 2.05) is 0 Å². The molecule has 9 heavy (non-hydrogen) atoms. The molecule has 4 heteroatoms. The maximum atomic E-state index is 4.86. The molecule has 0 aliphatic heterocycles. The lowest BCUT2D eigenvalue weighted by atomic mass is 10.5. The molecular weight excluding hydrogens is 154 g/mol. The second kappa shape index (κ2) is 3.20. The molecule has 0 aliphatic rings. The first-order valence-electron chi connectivity index (χ1n) is 2.45. The van der Waals surface area contributed by atoms with Gasteiger partial charge in [-0.15, -0.1) is 24.0 Å². The van der Waals surface area contributed by atoms with Crippen molar-refractivity contribution in [2.75, 3.05) is 7.11 Å². The van der Waals surface area contributed by atoms with Crippen LogP contribution in [0.15, 0.2) is 9.72 Å². The molecule has 0 aliphatic carbocycles. The highest BCUT2D eigenvalue weighted by atomic mass is 32.2. The molecule has 0 fully saturated rings. The lowest BCUT2D eigenvalue weighted by Crippen LogP contribution is -1.86. The Morgan fingerprint density at radius 1 is 1.89 bits per heavy atom. The van der Waals surface area contributed by atoms with Gasteiger partial charge in [0.05, 0.1) is 22.0 Å². The molecule has 1 aromatic heterocycles. The third-order valence-electron chi connectivity index (χ3n) is 0.901. The summed E-state index contributed by atoms with van der Waals surface area (Å²) < 4.78 is 5.80. The first-order chi connectivity index (χ1) is 4.34. The van der Waals surface area contributed by atoms with Crippen LogP contribution in [-0.2, 0) is 11.3 Å². The molecule has 0 N–H and O–H groups in total. The molecule has 1 heterocycles. The van der Waals surface area contributed by atoms with Crippen LogP contribution >= 0.6 is 24.0 Å². The predicted molar refractivity (Wildman–Crippen MR) is 40.1 cm³/mol. The van der Waals surface area contributed by atoms with Gasteiger partial charge < -0.3 is 4.74 Å². The smallest absolute Gasteiger partial charge is 0.0904 e. The minimum Gasteiger partial charge on any atom is -0.378 e. The highest BCUT2D eigenvalue weighted by Gasteiger charge is 1.98. The van der Waals surface area contributed by atoms with Crippen molar-refractivity contribution < 1.29 is 4.74 Å². The summed E-state index contributed by atoms with van der Waals surface area (Å²) in [7, 11) is 1.65. The summed E-state index contributed by atoms with van der Waals surface area (Å²) in [5.74, 6) is 0. The van der Waals surface area contributed by atoms with Gasteiger partial charge in [-0.1, -0.05) is 0 Å². The van der Waals surface area contributed by atoms with E-state index in [9.17, 15) is 0 Å². The lowest BCUT2D eigenvalue weighted by Gasteiger charge is -1.91. The number of methoxy groups -OCH3 is 1. The van der Waals surface area contributed by atoms with Crippen LogP contribution in [0.3, 0.4) is 0 Å². The molecule has 0 saturated heterocycles. The largest absolute Gasteiger partial charge is 0.378 e. The van der Waals surface area contributed by atoms with Crippen molar-refractivity contribution >= 4 is 24.0 Å². The monoisotopic (exact) mass is 161 g/mol. The number of rotatable bonds is 2. The third kappa shape index (κ3) is 1.67. The summed E-state index contributed by atoms with van der Waals surface area (Å²) in [5, 5.41) is 0. The zero-order chi connectivity index (χ0) is 6.69. The van der Waals surface area contributed by atoms with Crippen molar-refractivity contribution in [3.8, 4) is 0 Å². The number of hydrogen-bond acceptors (Lipinski definition) is 4. The van der Waals surface area contributed by atoms with E-state index >= 15 is 0 Å². The fourth-order valence-corrected chi connectivity index (χ4v) is 1.29. The minimum atomic E-state index is 0.558. The number of hydrogen-bond donors (Lipinski definition) is 1. The minimum absolute atomic E-state index is 0.558. The molecule has 0 amide bonds. The van der Waals surface area contributed by atoms with Gasteiger partial charge in [0.2, 0.25) is 0 Å². The van der Waals surface area contributed by atoms with Gasteiger partial charge in [-0.3, -0.25) is 0 Å². The van der Waals surface area contributed by atoms with Gasteiger partial charge in [-0.2, -0.15) is 0 Å². The summed E-state index contributed by atoms with van der Waals surface area (Å²) in [6.07, 6.45) is 0. The van der Waals surface area contributed by atoms with E-state index in [1.54, 1.807) is 12.6 Å². The Morgan fingerprint density at radius 2 is 2.67 bits per heavy atom. The SMILES string of the molecule is COCc1ncsc1S. The van der Waals surface area contributed by atoms with Gasteiger partial charge >= 0.3 is 0 Å². The highest BCUT2D eigenvalue weighted by Crippen LogP contribution is 2.17. The van der Waals surface area contributed by atoms with E-state index in [2.05, 4.69) is 17.6 Å². The van der Waals surface area contributed by atoms with Gasteiger partial charge in [0.15, 0.2) is 0 Å². The second-order valence-electron chi connectivity index (χ2n) is 1.54. The van der Waals surface area contributed by atoms with Crippen molar-refractivity contribution in [1.82, 2.24) is 4.98 Å². The van der Waals surface area contributed by atoms with E-state index in [-0.39, 0.29) is 0 Å². The molecule has 0 atom stereocenters. The van der Waals surface area contributed by atoms with Crippen molar-refractivity contribution in [3.05, 3.63) is 11.2 Å². The topological polar surface area (TPSA) is 22.1 Å². The van der Waals surface area contributed by atoms with Gasteiger partial charge in [0.25, 0.3) is 0 Å². The van der Waals surface area contributed by atoms with Crippen LogP contribution < -0.4 is 0 Å². The maximum absolute atomic E-state index is 4.86. The first-order valence-corrected chi connectivity index (χ1v) is 3.77. The summed E-state index contributed by atoms with van der Waals surface area (Å²) in [4.78, 5) is 4.02. The van der Waals surface area contributed by atoms with E-state index in [1.165, 1.54) is 11.3 Å². The normalized spacial score (nSPS) is 10.0. The molecule has 1 aromatic rings. The molecule has 0 radical (unpaired) electrons. The number of ether oxygens (including phenoxy) is 1. The van der Waals surface area contributed by atoms with E-state index < -0.39 is 0 Å². The van der Waals surface area contributed by atoms with E-state index in [0.29, 0.717) is 6.61 Å². The molecule has 1 rings (SSSR count). The molecular formula is C5H7NOS2. The van der Waals surface area contributed by atoms with Crippen LogP contribution in [0.5, 0.6) is 0 Å². The van der Waals surface area contributed by atoms with Crippen LogP contribution in [0.2, 0.25) is 0 Å². The molecule has 0 unspecified atom stereocenters. The number of nitrogens with zero attached hydrogens (tertiary/aromatic N) is 1. The number of aromatic nitrogens is 1. The van der Waals surface area contributed by atoms with Crippen LogP contribution in [0.1, 0.15) is 5.69 Å². The molecule has 50 valence electrons. The van der Waals surface area contributed by atoms with E-state index in [0.717, 1.165) is 9.90 Å². The summed E-state index contributed by atoms with van der Waals surface area (Å²) in [6, 6.07) is 0.